The van der Waals surface area contributed by atoms with Crippen LogP contribution in [0.1, 0.15) is 25.5 Å². The van der Waals surface area contributed by atoms with Crippen molar-refractivity contribution in [3.63, 3.8) is 0 Å². The molecule has 1 unspecified atom stereocenters. The number of piperazine rings is 1. The molecule has 8 nitrogen and oxygen atoms in total. The number of hydrogen-bond acceptors (Lipinski definition) is 6. The number of nitrogens with zero attached hydrogens (tertiary/aromatic N) is 3. The molecule has 1 aliphatic rings. The molecule has 0 aliphatic carbocycles. The second-order valence-electron chi connectivity index (χ2n) is 8.07. The minimum absolute atomic E-state index is 0.0198. The van der Waals surface area contributed by atoms with Crippen LogP contribution in [0, 0.1) is 16.0 Å². The van der Waals surface area contributed by atoms with Crippen molar-refractivity contribution < 1.29 is 14.5 Å². The van der Waals surface area contributed by atoms with Gasteiger partial charge >= 0.3 is 0 Å². The Bertz CT molecular complexity index is 893. The minimum atomic E-state index is -0.347. The van der Waals surface area contributed by atoms with Crippen LogP contribution in [-0.4, -0.2) is 55.6 Å². The quantitative estimate of drug-likeness (QED) is 0.515. The molecule has 1 saturated heterocycles. The van der Waals surface area contributed by atoms with Gasteiger partial charge in [0.05, 0.1) is 24.6 Å². The largest absolute Gasteiger partial charge is 0.497 e. The van der Waals surface area contributed by atoms with E-state index in [9.17, 15) is 14.9 Å². The first-order chi connectivity index (χ1) is 14.9. The van der Waals surface area contributed by atoms with Crippen molar-refractivity contribution in [1.29, 1.82) is 0 Å². The Balaban J connectivity index is 1.56. The van der Waals surface area contributed by atoms with Gasteiger partial charge in [0.1, 0.15) is 11.4 Å². The Morgan fingerprint density at radius 1 is 1.10 bits per heavy atom. The molecule has 1 fully saturated rings. The van der Waals surface area contributed by atoms with Crippen LogP contribution in [-0.2, 0) is 4.79 Å². The maximum absolute atomic E-state index is 12.7. The summed E-state index contributed by atoms with van der Waals surface area (Å²) in [6, 6.07) is 14.5. The zero-order valence-electron chi connectivity index (χ0n) is 18.3. The SMILES string of the molecule is COc1ccc(C(NC(=O)CN2CCN(c3ccccc3[N+](=O)[O-])CC2)C(C)C)cc1. The van der Waals surface area contributed by atoms with Gasteiger partial charge in [0.15, 0.2) is 0 Å². The predicted molar refractivity (Wildman–Crippen MR) is 120 cm³/mol. The topological polar surface area (TPSA) is 88.0 Å². The van der Waals surface area contributed by atoms with Crippen molar-refractivity contribution in [3.8, 4) is 5.75 Å². The highest BCUT2D eigenvalue weighted by Crippen LogP contribution is 2.28. The summed E-state index contributed by atoms with van der Waals surface area (Å²) in [6.07, 6.45) is 0. The third-order valence-electron chi connectivity index (χ3n) is 5.62. The summed E-state index contributed by atoms with van der Waals surface area (Å²) in [7, 11) is 1.63. The van der Waals surface area contributed by atoms with Crippen molar-refractivity contribution in [3.05, 3.63) is 64.2 Å². The number of ether oxygens (including phenoxy) is 1. The summed E-state index contributed by atoms with van der Waals surface area (Å²) in [6.45, 7) is 7.11. The molecule has 1 amide bonds. The number of para-hydroxylation sites is 2. The average Bonchev–Trinajstić information content (AvgIpc) is 2.78. The van der Waals surface area contributed by atoms with E-state index in [-0.39, 0.29) is 28.5 Å². The van der Waals surface area contributed by atoms with Crippen molar-refractivity contribution in [2.75, 3.05) is 44.7 Å². The smallest absolute Gasteiger partial charge is 0.292 e. The van der Waals surface area contributed by atoms with Crippen molar-refractivity contribution >= 4 is 17.3 Å². The zero-order chi connectivity index (χ0) is 22.4. The van der Waals surface area contributed by atoms with Gasteiger partial charge < -0.3 is 15.0 Å². The van der Waals surface area contributed by atoms with Crippen molar-refractivity contribution in [1.82, 2.24) is 10.2 Å². The first kappa shape index (κ1) is 22.6. The number of hydrogen-bond donors (Lipinski definition) is 1. The minimum Gasteiger partial charge on any atom is -0.497 e. The molecule has 1 heterocycles. The predicted octanol–water partition coefficient (Wildman–Crippen LogP) is 3.24. The van der Waals surface area contributed by atoms with E-state index in [0.717, 1.165) is 11.3 Å². The normalized spacial score (nSPS) is 15.5. The first-order valence-electron chi connectivity index (χ1n) is 10.5. The number of amides is 1. The molecule has 2 aromatic rings. The van der Waals surface area contributed by atoms with E-state index in [1.807, 2.05) is 35.2 Å². The van der Waals surface area contributed by atoms with E-state index in [1.165, 1.54) is 6.07 Å². The lowest BCUT2D eigenvalue weighted by atomic mass is 9.96. The fourth-order valence-electron chi connectivity index (χ4n) is 3.90. The zero-order valence-corrected chi connectivity index (χ0v) is 18.3. The standard InChI is InChI=1S/C23H30N4O4/c1-17(2)23(18-8-10-19(31-3)11-9-18)24-22(28)16-25-12-14-26(15-13-25)20-6-4-5-7-21(20)27(29)30/h4-11,17,23H,12-16H2,1-3H3,(H,24,28). The van der Waals surface area contributed by atoms with Crippen molar-refractivity contribution in [2.24, 2.45) is 5.92 Å². The molecule has 1 atom stereocenters. The van der Waals surface area contributed by atoms with E-state index in [1.54, 1.807) is 19.2 Å². The summed E-state index contributed by atoms with van der Waals surface area (Å²) in [5.41, 5.74) is 1.80. The van der Waals surface area contributed by atoms with Crippen LogP contribution < -0.4 is 15.0 Å². The maximum Gasteiger partial charge on any atom is 0.292 e. The summed E-state index contributed by atoms with van der Waals surface area (Å²) >= 11 is 0. The number of nitrogens with one attached hydrogen (secondary N) is 1. The van der Waals surface area contributed by atoms with Crippen LogP contribution in [0.5, 0.6) is 5.75 Å². The summed E-state index contributed by atoms with van der Waals surface area (Å²) in [4.78, 5) is 27.8. The van der Waals surface area contributed by atoms with Gasteiger partial charge in [0.2, 0.25) is 5.91 Å². The molecule has 166 valence electrons. The highest BCUT2D eigenvalue weighted by molar-refractivity contribution is 5.78. The number of carbonyl (C=O) groups excluding carboxylic acids is 1. The van der Waals surface area contributed by atoms with Crippen LogP contribution in [0.4, 0.5) is 11.4 Å². The Morgan fingerprint density at radius 3 is 2.32 bits per heavy atom. The lowest BCUT2D eigenvalue weighted by Crippen LogP contribution is -2.50. The van der Waals surface area contributed by atoms with Gasteiger partial charge in [0, 0.05) is 32.2 Å². The molecule has 1 aliphatic heterocycles. The number of rotatable bonds is 8. The molecule has 3 rings (SSSR count). The average molecular weight is 427 g/mol. The van der Waals surface area contributed by atoms with Crippen LogP contribution in [0.25, 0.3) is 0 Å². The molecular weight excluding hydrogens is 396 g/mol. The van der Waals surface area contributed by atoms with Gasteiger partial charge in [-0.2, -0.15) is 0 Å². The van der Waals surface area contributed by atoms with Gasteiger partial charge in [-0.05, 0) is 29.7 Å². The molecule has 2 aromatic carbocycles. The number of carbonyl (C=O) groups is 1. The number of methoxy groups -OCH3 is 1. The number of nitro benzene ring substituents is 1. The van der Waals surface area contributed by atoms with Crippen LogP contribution in [0.15, 0.2) is 48.5 Å². The van der Waals surface area contributed by atoms with Crippen LogP contribution in [0.3, 0.4) is 0 Å². The summed E-state index contributed by atoms with van der Waals surface area (Å²) in [5.74, 6) is 1.01. The monoisotopic (exact) mass is 426 g/mol. The van der Waals surface area contributed by atoms with E-state index < -0.39 is 0 Å². The second kappa shape index (κ2) is 10.3. The third-order valence-corrected chi connectivity index (χ3v) is 5.62. The Hall–Kier alpha value is -3.13. The Kier molecular flexibility index (Phi) is 7.46. The van der Waals surface area contributed by atoms with Crippen molar-refractivity contribution in [2.45, 2.75) is 19.9 Å². The second-order valence-corrected chi connectivity index (χ2v) is 8.07. The number of benzene rings is 2. The molecular formula is C23H30N4O4. The van der Waals surface area contributed by atoms with E-state index in [2.05, 4.69) is 24.1 Å². The fourth-order valence-corrected chi connectivity index (χ4v) is 3.90. The third kappa shape index (κ3) is 5.73. The van der Waals surface area contributed by atoms with Gasteiger partial charge in [0.25, 0.3) is 5.69 Å². The van der Waals surface area contributed by atoms with E-state index >= 15 is 0 Å². The molecule has 0 saturated carbocycles. The fraction of sp³-hybridized carbons (Fsp3) is 0.435. The molecule has 0 aromatic heterocycles. The molecule has 1 N–H and O–H groups in total. The maximum atomic E-state index is 12.7. The molecule has 0 radical (unpaired) electrons. The molecule has 0 spiro atoms. The van der Waals surface area contributed by atoms with E-state index in [4.69, 9.17) is 4.74 Å². The van der Waals surface area contributed by atoms with Gasteiger partial charge in [-0.15, -0.1) is 0 Å². The van der Waals surface area contributed by atoms with Crippen LogP contribution in [0.2, 0.25) is 0 Å². The highest BCUT2D eigenvalue weighted by atomic mass is 16.6. The molecule has 8 heteroatoms. The first-order valence-corrected chi connectivity index (χ1v) is 10.5. The summed E-state index contributed by atoms with van der Waals surface area (Å²) < 4.78 is 5.22. The molecule has 31 heavy (non-hydrogen) atoms. The Labute approximate surface area is 182 Å². The highest BCUT2D eigenvalue weighted by Gasteiger charge is 2.25. The van der Waals surface area contributed by atoms with Gasteiger partial charge in [-0.1, -0.05) is 38.1 Å². The lowest BCUT2D eigenvalue weighted by molar-refractivity contribution is -0.384. The van der Waals surface area contributed by atoms with Gasteiger partial charge in [-0.25, -0.2) is 0 Å². The summed E-state index contributed by atoms with van der Waals surface area (Å²) in [5, 5.41) is 14.5. The number of nitro groups is 1. The van der Waals surface area contributed by atoms with Crippen LogP contribution >= 0.6 is 0 Å². The van der Waals surface area contributed by atoms with E-state index in [0.29, 0.717) is 38.4 Å². The molecule has 0 bridgehead atoms. The lowest BCUT2D eigenvalue weighted by Gasteiger charge is -2.35. The Morgan fingerprint density at radius 2 is 1.74 bits per heavy atom. The number of anilines is 1. The van der Waals surface area contributed by atoms with Gasteiger partial charge in [-0.3, -0.25) is 19.8 Å².